The molecule has 1 aromatic carbocycles. The molecule has 1 unspecified atom stereocenters. The van der Waals surface area contributed by atoms with Gasteiger partial charge in [0.05, 0.1) is 11.0 Å². The van der Waals surface area contributed by atoms with Gasteiger partial charge in [-0.05, 0) is 44.0 Å². The van der Waals surface area contributed by atoms with E-state index in [0.29, 0.717) is 11.9 Å². The number of carbonyl (C=O) groups excluding carboxylic acids is 1. The Balaban J connectivity index is 0.00000161. The van der Waals surface area contributed by atoms with Gasteiger partial charge in [-0.15, -0.1) is 12.4 Å². The minimum absolute atomic E-state index is 0. The van der Waals surface area contributed by atoms with Gasteiger partial charge in [-0.1, -0.05) is 12.1 Å². The zero-order valence-corrected chi connectivity index (χ0v) is 12.9. The molecule has 1 fully saturated rings. The van der Waals surface area contributed by atoms with Crippen molar-refractivity contribution < 1.29 is 4.79 Å². The number of para-hydroxylation sites is 2. The van der Waals surface area contributed by atoms with E-state index in [1.807, 2.05) is 24.3 Å². The number of halogens is 1. The van der Waals surface area contributed by atoms with Crippen LogP contribution >= 0.6 is 12.4 Å². The van der Waals surface area contributed by atoms with Gasteiger partial charge in [0.15, 0.2) is 0 Å². The Labute approximate surface area is 130 Å². The SMILES string of the molecule is CC(=O)n1c(NCC2CCCNC2)nc2ccccc21.Cl. The summed E-state index contributed by atoms with van der Waals surface area (Å²) in [4.78, 5) is 16.4. The molecule has 1 aliphatic heterocycles. The number of fused-ring (bicyclic) bond motifs is 1. The highest BCUT2D eigenvalue weighted by atomic mass is 35.5. The molecule has 1 aliphatic rings. The van der Waals surface area contributed by atoms with Crippen LogP contribution in [0.25, 0.3) is 11.0 Å². The number of piperidine rings is 1. The van der Waals surface area contributed by atoms with Crippen molar-refractivity contribution in [3.05, 3.63) is 24.3 Å². The number of aromatic nitrogens is 2. The van der Waals surface area contributed by atoms with Crippen LogP contribution in [0.2, 0.25) is 0 Å². The predicted octanol–water partition coefficient (Wildman–Crippen LogP) is 2.53. The van der Waals surface area contributed by atoms with E-state index in [4.69, 9.17) is 0 Å². The Hall–Kier alpha value is -1.59. The maximum Gasteiger partial charge on any atom is 0.230 e. The summed E-state index contributed by atoms with van der Waals surface area (Å²) >= 11 is 0. The smallest absolute Gasteiger partial charge is 0.230 e. The number of benzene rings is 1. The van der Waals surface area contributed by atoms with Gasteiger partial charge in [0.1, 0.15) is 0 Å². The van der Waals surface area contributed by atoms with Gasteiger partial charge in [0.2, 0.25) is 11.9 Å². The van der Waals surface area contributed by atoms with Crippen molar-refractivity contribution in [1.82, 2.24) is 14.9 Å². The van der Waals surface area contributed by atoms with E-state index in [1.54, 1.807) is 11.5 Å². The summed E-state index contributed by atoms with van der Waals surface area (Å²) in [6.45, 7) is 4.57. The van der Waals surface area contributed by atoms with Crippen molar-refractivity contribution in [2.24, 2.45) is 5.92 Å². The minimum atomic E-state index is -0.0111. The maximum atomic E-state index is 11.9. The third-order valence-corrected chi connectivity index (χ3v) is 3.82. The Morgan fingerprint density at radius 2 is 2.29 bits per heavy atom. The summed E-state index contributed by atoms with van der Waals surface area (Å²) in [6.07, 6.45) is 2.44. The highest BCUT2D eigenvalue weighted by molar-refractivity contribution is 5.92. The summed E-state index contributed by atoms with van der Waals surface area (Å²) in [5.41, 5.74) is 1.72. The van der Waals surface area contributed by atoms with E-state index in [9.17, 15) is 4.79 Å². The normalized spacial score (nSPS) is 18.2. The molecule has 2 heterocycles. The fourth-order valence-corrected chi connectivity index (χ4v) is 2.80. The van der Waals surface area contributed by atoms with Gasteiger partial charge in [-0.3, -0.25) is 4.79 Å². The largest absolute Gasteiger partial charge is 0.355 e. The van der Waals surface area contributed by atoms with Crippen molar-refractivity contribution in [1.29, 1.82) is 0 Å². The summed E-state index contributed by atoms with van der Waals surface area (Å²) in [6, 6.07) is 7.73. The van der Waals surface area contributed by atoms with Crippen molar-refractivity contribution in [2.75, 3.05) is 25.0 Å². The Kier molecular flexibility index (Phi) is 5.20. The third kappa shape index (κ3) is 3.36. The lowest BCUT2D eigenvalue weighted by Gasteiger charge is -2.23. The molecule has 114 valence electrons. The van der Waals surface area contributed by atoms with Crippen LogP contribution < -0.4 is 10.6 Å². The average Bonchev–Trinajstić information content (AvgIpc) is 2.84. The van der Waals surface area contributed by atoms with Gasteiger partial charge >= 0.3 is 0 Å². The van der Waals surface area contributed by atoms with E-state index >= 15 is 0 Å². The molecular weight excluding hydrogens is 288 g/mol. The third-order valence-electron chi connectivity index (χ3n) is 3.82. The van der Waals surface area contributed by atoms with Gasteiger partial charge in [-0.2, -0.15) is 0 Å². The van der Waals surface area contributed by atoms with Crippen molar-refractivity contribution in [3.8, 4) is 0 Å². The summed E-state index contributed by atoms with van der Waals surface area (Å²) in [5, 5.41) is 6.75. The van der Waals surface area contributed by atoms with E-state index in [1.165, 1.54) is 12.8 Å². The van der Waals surface area contributed by atoms with E-state index in [0.717, 1.165) is 30.7 Å². The second kappa shape index (κ2) is 6.91. The lowest BCUT2D eigenvalue weighted by atomic mass is 10.00. The van der Waals surface area contributed by atoms with E-state index in [-0.39, 0.29) is 18.3 Å². The first kappa shape index (κ1) is 15.8. The number of imidazole rings is 1. The fourth-order valence-electron chi connectivity index (χ4n) is 2.80. The first-order valence-electron chi connectivity index (χ1n) is 7.18. The number of nitrogens with zero attached hydrogens (tertiary/aromatic N) is 2. The molecule has 0 saturated carbocycles. The molecule has 1 aromatic heterocycles. The molecule has 1 saturated heterocycles. The van der Waals surface area contributed by atoms with Gasteiger partial charge in [0.25, 0.3) is 0 Å². The Morgan fingerprint density at radius 1 is 1.48 bits per heavy atom. The number of anilines is 1. The Morgan fingerprint density at radius 3 is 3.00 bits per heavy atom. The Bertz CT molecular complexity index is 619. The molecule has 0 amide bonds. The van der Waals surface area contributed by atoms with Crippen LogP contribution in [0, 0.1) is 5.92 Å². The molecule has 0 bridgehead atoms. The molecular formula is C15H21ClN4O. The molecule has 3 rings (SSSR count). The molecule has 0 aliphatic carbocycles. The summed E-state index contributed by atoms with van der Waals surface area (Å²) in [7, 11) is 0. The topological polar surface area (TPSA) is 59.0 Å². The molecule has 1 atom stereocenters. The standard InChI is InChI=1S/C15H20N4O.ClH/c1-11(20)19-14-7-3-2-6-13(14)18-15(19)17-10-12-5-4-8-16-9-12;/h2-3,6-7,12,16H,4-5,8-10H2,1H3,(H,17,18);1H. The van der Waals surface area contributed by atoms with Crippen LogP contribution in [0.15, 0.2) is 24.3 Å². The van der Waals surface area contributed by atoms with E-state index in [2.05, 4.69) is 15.6 Å². The lowest BCUT2D eigenvalue weighted by molar-refractivity contribution is 0.0943. The zero-order chi connectivity index (χ0) is 13.9. The van der Waals surface area contributed by atoms with Crippen molar-refractivity contribution in [2.45, 2.75) is 19.8 Å². The highest BCUT2D eigenvalue weighted by Gasteiger charge is 2.16. The number of carbonyl (C=O) groups is 1. The fraction of sp³-hybridized carbons (Fsp3) is 0.467. The lowest BCUT2D eigenvalue weighted by Crippen LogP contribution is -2.34. The molecule has 0 radical (unpaired) electrons. The summed E-state index contributed by atoms with van der Waals surface area (Å²) in [5.74, 6) is 1.25. The number of hydrogen-bond acceptors (Lipinski definition) is 4. The first-order chi connectivity index (χ1) is 9.75. The van der Waals surface area contributed by atoms with Crippen LogP contribution in [-0.4, -0.2) is 35.1 Å². The monoisotopic (exact) mass is 308 g/mol. The molecule has 2 aromatic rings. The van der Waals surface area contributed by atoms with Gasteiger partial charge in [0, 0.05) is 13.5 Å². The van der Waals surface area contributed by atoms with Crippen LogP contribution in [-0.2, 0) is 0 Å². The first-order valence-corrected chi connectivity index (χ1v) is 7.18. The van der Waals surface area contributed by atoms with Gasteiger partial charge in [-0.25, -0.2) is 9.55 Å². The van der Waals surface area contributed by atoms with Crippen molar-refractivity contribution >= 4 is 35.3 Å². The van der Waals surface area contributed by atoms with E-state index < -0.39 is 0 Å². The van der Waals surface area contributed by atoms with Crippen LogP contribution in [0.4, 0.5) is 5.95 Å². The second-order valence-electron chi connectivity index (χ2n) is 5.37. The molecule has 2 N–H and O–H groups in total. The zero-order valence-electron chi connectivity index (χ0n) is 12.1. The number of nitrogens with one attached hydrogen (secondary N) is 2. The average molecular weight is 309 g/mol. The molecule has 21 heavy (non-hydrogen) atoms. The molecule has 6 heteroatoms. The summed E-state index contributed by atoms with van der Waals surface area (Å²) < 4.78 is 1.66. The minimum Gasteiger partial charge on any atom is -0.355 e. The van der Waals surface area contributed by atoms with Gasteiger partial charge < -0.3 is 10.6 Å². The van der Waals surface area contributed by atoms with Crippen LogP contribution in [0.5, 0.6) is 0 Å². The quantitative estimate of drug-likeness (QED) is 0.915. The maximum absolute atomic E-state index is 11.9. The van der Waals surface area contributed by atoms with Crippen molar-refractivity contribution in [3.63, 3.8) is 0 Å². The number of rotatable bonds is 3. The van der Waals surface area contributed by atoms with Crippen LogP contribution in [0.3, 0.4) is 0 Å². The second-order valence-corrected chi connectivity index (χ2v) is 5.37. The number of hydrogen-bond donors (Lipinski definition) is 2. The predicted molar refractivity (Wildman–Crippen MR) is 87.4 cm³/mol. The highest BCUT2D eigenvalue weighted by Crippen LogP contribution is 2.20. The van der Waals surface area contributed by atoms with Crippen LogP contribution in [0.1, 0.15) is 24.6 Å². The molecule has 0 spiro atoms. The molecule has 5 nitrogen and oxygen atoms in total.